The van der Waals surface area contributed by atoms with E-state index in [2.05, 4.69) is 5.32 Å². The third kappa shape index (κ3) is 1.77. The first-order valence-corrected chi connectivity index (χ1v) is 5.08. The van der Waals surface area contributed by atoms with Crippen molar-refractivity contribution >= 4 is 40.5 Å². The number of fused-ring (bicyclic) bond motifs is 1. The molecule has 1 amide bonds. The summed E-state index contributed by atoms with van der Waals surface area (Å²) in [6, 6.07) is 5.04. The summed E-state index contributed by atoms with van der Waals surface area (Å²) in [6.07, 6.45) is 1.48. The van der Waals surface area contributed by atoms with Gasteiger partial charge in [0.25, 0.3) is 0 Å². The Morgan fingerprint density at radius 3 is 2.88 bits per heavy atom. The number of benzene rings is 1. The fraction of sp³-hybridized carbons (Fsp3) is 0.0909. The highest BCUT2D eigenvalue weighted by molar-refractivity contribution is 7.71. The van der Waals surface area contributed by atoms with Crippen molar-refractivity contribution in [3.63, 3.8) is 0 Å². The zero-order valence-electron chi connectivity index (χ0n) is 8.61. The van der Waals surface area contributed by atoms with Crippen molar-refractivity contribution in [2.45, 2.75) is 6.92 Å². The van der Waals surface area contributed by atoms with E-state index in [4.69, 9.17) is 22.4 Å². The van der Waals surface area contributed by atoms with Crippen LogP contribution in [0.4, 0.5) is 11.4 Å². The Bertz CT molecular complexity index is 619. The minimum absolute atomic E-state index is 0.163. The Morgan fingerprint density at radius 1 is 1.44 bits per heavy atom. The summed E-state index contributed by atoms with van der Waals surface area (Å²) in [7, 11) is 0. The van der Waals surface area contributed by atoms with Crippen molar-refractivity contribution in [2.24, 2.45) is 0 Å². The minimum Gasteiger partial charge on any atom is -0.462 e. The minimum atomic E-state index is -0.163. The summed E-state index contributed by atoms with van der Waals surface area (Å²) in [5.74, 6) is -0.163. The number of nitrogen functional groups attached to an aromatic ring is 1. The molecule has 3 N–H and O–H groups in total. The van der Waals surface area contributed by atoms with Gasteiger partial charge in [0.1, 0.15) is 0 Å². The number of rotatable bonds is 1. The van der Waals surface area contributed by atoms with Crippen molar-refractivity contribution in [2.75, 3.05) is 11.1 Å². The highest BCUT2D eigenvalue weighted by Gasteiger charge is 2.08. The molecule has 0 fully saturated rings. The van der Waals surface area contributed by atoms with Gasteiger partial charge < -0.3 is 15.5 Å². The van der Waals surface area contributed by atoms with Gasteiger partial charge in [0.15, 0.2) is 5.58 Å². The van der Waals surface area contributed by atoms with E-state index in [-0.39, 0.29) is 5.91 Å². The summed E-state index contributed by atoms with van der Waals surface area (Å²) in [5.41, 5.74) is 7.38. The molecule has 2 rings (SSSR count). The summed E-state index contributed by atoms with van der Waals surface area (Å²) in [4.78, 5) is 11.0. The van der Waals surface area contributed by atoms with Crippen LogP contribution in [-0.2, 0) is 4.79 Å². The lowest BCUT2D eigenvalue weighted by Crippen LogP contribution is -2.06. The van der Waals surface area contributed by atoms with Crippen LogP contribution in [-0.4, -0.2) is 5.91 Å². The Kier molecular flexibility index (Phi) is 2.62. The zero-order chi connectivity index (χ0) is 11.7. The molecule has 0 saturated carbocycles. The molecule has 1 aromatic carbocycles. The van der Waals surface area contributed by atoms with E-state index in [1.807, 2.05) is 0 Å². The van der Waals surface area contributed by atoms with Crippen LogP contribution in [0.1, 0.15) is 6.92 Å². The zero-order valence-corrected chi connectivity index (χ0v) is 9.43. The second-order valence-corrected chi connectivity index (χ2v) is 3.81. The molecule has 0 radical (unpaired) electrons. The quantitative estimate of drug-likeness (QED) is 0.588. The van der Waals surface area contributed by atoms with Gasteiger partial charge in [-0.2, -0.15) is 0 Å². The molecule has 0 aliphatic carbocycles. The van der Waals surface area contributed by atoms with Gasteiger partial charge in [-0.15, -0.1) is 0 Å². The lowest BCUT2D eigenvalue weighted by Gasteiger charge is -2.07. The second-order valence-electron chi connectivity index (χ2n) is 3.37. The maximum absolute atomic E-state index is 11.0. The number of anilines is 2. The van der Waals surface area contributed by atoms with Crippen LogP contribution >= 0.6 is 12.2 Å². The highest BCUT2D eigenvalue weighted by atomic mass is 32.1. The standard InChI is InChI=1S/C11H10N2O2S/c1-6(14)13-8-3-2-7(12)11-10(8)9(16)4-5-15-11/h2-5H,12H2,1H3,(H,13,14). The first kappa shape index (κ1) is 10.6. The van der Waals surface area contributed by atoms with E-state index in [1.54, 1.807) is 18.2 Å². The molecule has 0 atom stereocenters. The average Bonchev–Trinajstić information content (AvgIpc) is 2.22. The summed E-state index contributed by atoms with van der Waals surface area (Å²) in [5, 5.41) is 3.35. The summed E-state index contributed by atoms with van der Waals surface area (Å²) >= 11 is 5.19. The van der Waals surface area contributed by atoms with E-state index >= 15 is 0 Å². The monoisotopic (exact) mass is 234 g/mol. The van der Waals surface area contributed by atoms with Crippen molar-refractivity contribution in [3.05, 3.63) is 29.0 Å². The third-order valence-electron chi connectivity index (χ3n) is 2.15. The van der Waals surface area contributed by atoms with Crippen molar-refractivity contribution in [3.8, 4) is 0 Å². The molecular weight excluding hydrogens is 224 g/mol. The Balaban J connectivity index is 2.81. The summed E-state index contributed by atoms with van der Waals surface area (Å²) in [6.45, 7) is 1.44. The number of nitrogens with one attached hydrogen (secondary N) is 1. The Labute approximate surface area is 97.1 Å². The smallest absolute Gasteiger partial charge is 0.221 e. The van der Waals surface area contributed by atoms with E-state index in [9.17, 15) is 4.79 Å². The molecule has 0 bridgehead atoms. The molecule has 5 heteroatoms. The van der Waals surface area contributed by atoms with Gasteiger partial charge in [0, 0.05) is 6.92 Å². The van der Waals surface area contributed by atoms with E-state index in [0.717, 1.165) is 0 Å². The topological polar surface area (TPSA) is 68.3 Å². The molecule has 82 valence electrons. The molecule has 16 heavy (non-hydrogen) atoms. The van der Waals surface area contributed by atoms with E-state index in [1.165, 1.54) is 13.2 Å². The van der Waals surface area contributed by atoms with Crippen molar-refractivity contribution in [1.82, 2.24) is 0 Å². The Hall–Kier alpha value is -1.88. The van der Waals surface area contributed by atoms with Gasteiger partial charge >= 0.3 is 0 Å². The summed E-state index contributed by atoms with van der Waals surface area (Å²) < 4.78 is 5.90. The van der Waals surface area contributed by atoms with Crippen LogP contribution in [0, 0.1) is 4.51 Å². The third-order valence-corrected chi connectivity index (χ3v) is 2.49. The molecule has 1 heterocycles. The number of carbonyl (C=O) groups excluding carboxylic acids is 1. The van der Waals surface area contributed by atoms with Crippen molar-refractivity contribution in [1.29, 1.82) is 0 Å². The van der Waals surface area contributed by atoms with Gasteiger partial charge in [-0.25, -0.2) is 0 Å². The van der Waals surface area contributed by atoms with Crippen molar-refractivity contribution < 1.29 is 9.21 Å². The van der Waals surface area contributed by atoms with Crippen LogP contribution in [0.15, 0.2) is 28.9 Å². The predicted molar refractivity (Wildman–Crippen MR) is 65.8 cm³/mol. The normalized spacial score (nSPS) is 10.3. The van der Waals surface area contributed by atoms with E-state index < -0.39 is 0 Å². The van der Waals surface area contributed by atoms with Gasteiger partial charge in [-0.1, -0.05) is 12.2 Å². The number of hydrogen-bond donors (Lipinski definition) is 2. The fourth-order valence-electron chi connectivity index (χ4n) is 1.51. The highest BCUT2D eigenvalue weighted by Crippen LogP contribution is 2.29. The SMILES string of the molecule is CC(=O)Nc1ccc(N)c2occc(=S)c12. The lowest BCUT2D eigenvalue weighted by molar-refractivity contribution is -0.114. The molecule has 2 aromatic rings. The van der Waals surface area contributed by atoms with Crippen LogP contribution < -0.4 is 11.1 Å². The predicted octanol–water partition coefficient (Wildman–Crippen LogP) is 2.70. The van der Waals surface area contributed by atoms with Crippen LogP contribution in [0.5, 0.6) is 0 Å². The molecule has 0 unspecified atom stereocenters. The van der Waals surface area contributed by atoms with Crippen LogP contribution in [0.3, 0.4) is 0 Å². The molecule has 0 aliphatic rings. The average molecular weight is 234 g/mol. The van der Waals surface area contributed by atoms with E-state index in [0.29, 0.717) is 26.9 Å². The Morgan fingerprint density at radius 2 is 2.19 bits per heavy atom. The lowest BCUT2D eigenvalue weighted by atomic mass is 10.1. The largest absolute Gasteiger partial charge is 0.462 e. The second kappa shape index (κ2) is 3.94. The molecule has 4 nitrogen and oxygen atoms in total. The van der Waals surface area contributed by atoms with Crippen LogP contribution in [0.25, 0.3) is 11.0 Å². The molecule has 0 spiro atoms. The van der Waals surface area contributed by atoms with Gasteiger partial charge in [0.05, 0.1) is 27.5 Å². The number of amides is 1. The number of hydrogen-bond acceptors (Lipinski definition) is 4. The number of nitrogens with two attached hydrogens (primary N) is 1. The number of carbonyl (C=O) groups is 1. The first-order chi connectivity index (χ1) is 7.59. The maximum Gasteiger partial charge on any atom is 0.221 e. The van der Waals surface area contributed by atoms with Crippen LogP contribution in [0.2, 0.25) is 0 Å². The first-order valence-electron chi connectivity index (χ1n) is 4.67. The maximum atomic E-state index is 11.0. The molecular formula is C11H10N2O2S. The van der Waals surface area contributed by atoms with Gasteiger partial charge in [-0.3, -0.25) is 4.79 Å². The molecule has 0 aliphatic heterocycles. The molecule has 0 saturated heterocycles. The van der Waals surface area contributed by atoms with Gasteiger partial charge in [0.2, 0.25) is 5.91 Å². The van der Waals surface area contributed by atoms with Gasteiger partial charge in [-0.05, 0) is 18.2 Å². The molecule has 1 aromatic heterocycles. The fourth-order valence-corrected chi connectivity index (χ4v) is 1.77.